The quantitative estimate of drug-likeness (QED) is 0.422. The molecule has 0 fully saturated rings. The number of hydrogen-bond acceptors (Lipinski definition) is 3. The summed E-state index contributed by atoms with van der Waals surface area (Å²) in [5.41, 5.74) is 0. The first kappa shape index (κ1) is 21.5. The topological polar surface area (TPSA) is 61.3 Å². The molecule has 0 aromatic carbocycles. The van der Waals surface area contributed by atoms with Crippen molar-refractivity contribution in [1.29, 1.82) is 0 Å². The Labute approximate surface area is 119 Å². The summed E-state index contributed by atoms with van der Waals surface area (Å²) in [7, 11) is 0. The van der Waals surface area contributed by atoms with Crippen LogP contribution in [0.1, 0.15) is 71.1 Å². The minimum absolute atomic E-state index is 0. The van der Waals surface area contributed by atoms with Crippen LogP contribution in [0.5, 0.6) is 0 Å². The molecule has 0 saturated heterocycles. The number of halogens is 3. The van der Waals surface area contributed by atoms with Crippen LogP contribution in [0.2, 0.25) is 0 Å². The van der Waals surface area contributed by atoms with E-state index in [1.807, 2.05) is 0 Å². The van der Waals surface area contributed by atoms with Gasteiger partial charge in [0.15, 0.2) is 0 Å². The number of alkyl halides is 3. The van der Waals surface area contributed by atoms with Crippen molar-refractivity contribution in [2.24, 2.45) is 0 Å². The summed E-state index contributed by atoms with van der Waals surface area (Å²) < 4.78 is 39.4. The fraction of sp³-hybridized carbons (Fsp3) is 0.929. The molecule has 0 aromatic rings. The van der Waals surface area contributed by atoms with Gasteiger partial charge in [0.25, 0.3) is 0 Å². The second-order valence-corrected chi connectivity index (χ2v) is 4.82. The normalized spacial score (nSPS) is 11.0. The van der Waals surface area contributed by atoms with Gasteiger partial charge in [-0.1, -0.05) is 64.7 Å². The predicted octanol–water partition coefficient (Wildman–Crippen LogP) is 5.17. The molecular formula is C14H28F3NO2. The molecular weight excluding hydrogens is 271 g/mol. The zero-order chi connectivity index (χ0) is 14.6. The van der Waals surface area contributed by atoms with E-state index in [1.165, 1.54) is 38.5 Å². The zero-order valence-corrected chi connectivity index (χ0v) is 12.4. The van der Waals surface area contributed by atoms with E-state index in [0.717, 1.165) is 19.3 Å². The van der Waals surface area contributed by atoms with Gasteiger partial charge < -0.3 is 10.9 Å². The number of ether oxygens (including phenoxy) is 1. The van der Waals surface area contributed by atoms with Gasteiger partial charge in [-0.25, -0.2) is 4.79 Å². The molecule has 0 heterocycles. The van der Waals surface area contributed by atoms with Crippen LogP contribution in [0.4, 0.5) is 13.2 Å². The van der Waals surface area contributed by atoms with Gasteiger partial charge in [-0.3, -0.25) is 0 Å². The van der Waals surface area contributed by atoms with Gasteiger partial charge in [-0.05, 0) is 6.42 Å². The second kappa shape index (κ2) is 13.2. The summed E-state index contributed by atoms with van der Waals surface area (Å²) in [6.07, 6.45) is 6.12. The molecule has 0 amide bonds. The molecule has 122 valence electrons. The lowest BCUT2D eigenvalue weighted by atomic mass is 10.1. The predicted molar refractivity (Wildman–Crippen MR) is 73.9 cm³/mol. The largest absolute Gasteiger partial charge is 0.490 e. The third-order valence-electron chi connectivity index (χ3n) is 2.96. The van der Waals surface area contributed by atoms with Crippen molar-refractivity contribution in [3.05, 3.63) is 0 Å². The van der Waals surface area contributed by atoms with E-state index >= 15 is 0 Å². The molecule has 0 aliphatic carbocycles. The lowest BCUT2D eigenvalue weighted by Gasteiger charge is -2.06. The first-order chi connectivity index (χ1) is 8.98. The number of carbonyl (C=O) groups is 1. The van der Waals surface area contributed by atoms with E-state index in [0.29, 0.717) is 6.42 Å². The summed E-state index contributed by atoms with van der Waals surface area (Å²) >= 11 is 0. The fourth-order valence-electron chi connectivity index (χ4n) is 1.84. The van der Waals surface area contributed by atoms with Crippen LogP contribution in [-0.2, 0) is 9.53 Å². The molecule has 0 radical (unpaired) electrons. The molecule has 20 heavy (non-hydrogen) atoms. The van der Waals surface area contributed by atoms with Crippen molar-refractivity contribution in [3.8, 4) is 0 Å². The molecule has 0 spiro atoms. The van der Waals surface area contributed by atoms with Gasteiger partial charge in [0.05, 0.1) is 6.61 Å². The maximum Gasteiger partial charge on any atom is 0.490 e. The van der Waals surface area contributed by atoms with Crippen LogP contribution in [-0.4, -0.2) is 18.8 Å². The van der Waals surface area contributed by atoms with E-state index in [-0.39, 0.29) is 12.8 Å². The number of hydrogen-bond donors (Lipinski definition) is 1. The van der Waals surface area contributed by atoms with E-state index < -0.39 is 12.1 Å². The van der Waals surface area contributed by atoms with Crippen molar-refractivity contribution in [3.63, 3.8) is 0 Å². The number of esters is 1. The summed E-state index contributed by atoms with van der Waals surface area (Å²) in [4.78, 5) is 10.4. The van der Waals surface area contributed by atoms with Crippen molar-refractivity contribution in [2.75, 3.05) is 6.61 Å². The van der Waals surface area contributed by atoms with Gasteiger partial charge in [0.1, 0.15) is 0 Å². The molecule has 6 heteroatoms. The average molecular weight is 299 g/mol. The van der Waals surface area contributed by atoms with Crippen molar-refractivity contribution < 1.29 is 22.7 Å². The summed E-state index contributed by atoms with van der Waals surface area (Å²) in [6, 6.07) is 0. The van der Waals surface area contributed by atoms with E-state index in [1.54, 1.807) is 0 Å². The molecule has 0 aliphatic rings. The van der Waals surface area contributed by atoms with Crippen LogP contribution in [0.15, 0.2) is 0 Å². The molecule has 0 bridgehead atoms. The Balaban J connectivity index is 0. The molecule has 3 nitrogen and oxygen atoms in total. The summed E-state index contributed by atoms with van der Waals surface area (Å²) in [5.74, 6) is -2.08. The Bertz CT molecular complexity index is 233. The number of carbonyl (C=O) groups excluding carboxylic acids is 1. The Kier molecular flexibility index (Phi) is 14.2. The zero-order valence-electron chi connectivity index (χ0n) is 12.4. The van der Waals surface area contributed by atoms with Crippen LogP contribution < -0.4 is 6.15 Å². The molecule has 0 saturated carbocycles. The molecule has 0 unspecified atom stereocenters. The fourth-order valence-corrected chi connectivity index (χ4v) is 1.84. The van der Waals surface area contributed by atoms with Crippen molar-refractivity contribution >= 4 is 5.97 Å². The molecule has 3 N–H and O–H groups in total. The molecule has 0 aliphatic heterocycles. The first-order valence-electron chi connectivity index (χ1n) is 7.22. The third kappa shape index (κ3) is 13.6. The molecule has 0 atom stereocenters. The third-order valence-corrected chi connectivity index (χ3v) is 2.96. The highest BCUT2D eigenvalue weighted by molar-refractivity contribution is 5.75. The van der Waals surface area contributed by atoms with Gasteiger partial charge in [-0.15, -0.1) is 0 Å². The van der Waals surface area contributed by atoms with Crippen molar-refractivity contribution in [1.82, 2.24) is 6.15 Å². The maximum atomic E-state index is 11.8. The van der Waals surface area contributed by atoms with E-state index in [9.17, 15) is 18.0 Å². The summed E-state index contributed by atoms with van der Waals surface area (Å²) in [6.45, 7) is 2.06. The highest BCUT2D eigenvalue weighted by Crippen LogP contribution is 2.17. The summed E-state index contributed by atoms with van der Waals surface area (Å²) in [5, 5.41) is 0. The molecule has 0 rings (SSSR count). The van der Waals surface area contributed by atoms with E-state index in [2.05, 4.69) is 11.7 Å². The van der Waals surface area contributed by atoms with Gasteiger partial charge in [0, 0.05) is 0 Å². The Hall–Kier alpha value is -0.780. The Morgan fingerprint density at radius 1 is 0.850 bits per heavy atom. The Morgan fingerprint density at radius 3 is 1.65 bits per heavy atom. The van der Waals surface area contributed by atoms with Crippen LogP contribution in [0, 0.1) is 0 Å². The van der Waals surface area contributed by atoms with Gasteiger partial charge >= 0.3 is 12.1 Å². The minimum Gasteiger partial charge on any atom is -0.459 e. The van der Waals surface area contributed by atoms with E-state index in [4.69, 9.17) is 0 Å². The SMILES string of the molecule is CCCCCCCCCCCCOC(=O)C(F)(F)F.N. The lowest BCUT2D eigenvalue weighted by Crippen LogP contribution is -2.25. The lowest BCUT2D eigenvalue weighted by molar-refractivity contribution is -0.199. The molecule has 0 aromatic heterocycles. The van der Waals surface area contributed by atoms with Crippen LogP contribution in [0.3, 0.4) is 0 Å². The van der Waals surface area contributed by atoms with Crippen LogP contribution >= 0.6 is 0 Å². The van der Waals surface area contributed by atoms with Crippen molar-refractivity contribution in [2.45, 2.75) is 77.3 Å². The highest BCUT2D eigenvalue weighted by atomic mass is 19.4. The van der Waals surface area contributed by atoms with Gasteiger partial charge in [-0.2, -0.15) is 13.2 Å². The standard InChI is InChI=1S/C14H25F3O2.H3N/c1-2-3-4-5-6-7-8-9-10-11-12-19-13(18)14(15,16)17;/h2-12H2,1H3;1H3. The second-order valence-electron chi connectivity index (χ2n) is 4.82. The minimum atomic E-state index is -4.86. The monoisotopic (exact) mass is 299 g/mol. The number of unbranched alkanes of at least 4 members (excludes halogenated alkanes) is 9. The number of rotatable bonds is 11. The van der Waals surface area contributed by atoms with Gasteiger partial charge in [0.2, 0.25) is 0 Å². The first-order valence-corrected chi connectivity index (χ1v) is 7.22. The highest BCUT2D eigenvalue weighted by Gasteiger charge is 2.40. The maximum absolute atomic E-state index is 11.8. The Morgan fingerprint density at radius 2 is 1.25 bits per heavy atom. The average Bonchev–Trinajstić information content (AvgIpc) is 2.34. The smallest absolute Gasteiger partial charge is 0.459 e. The van der Waals surface area contributed by atoms with Crippen LogP contribution in [0.25, 0.3) is 0 Å².